The zero-order valence-corrected chi connectivity index (χ0v) is 11.8. The van der Waals surface area contributed by atoms with Crippen LogP contribution in [0.1, 0.15) is 13.8 Å². The van der Waals surface area contributed by atoms with Crippen molar-refractivity contribution in [3.8, 4) is 0 Å². The van der Waals surface area contributed by atoms with Crippen LogP contribution in [-0.4, -0.2) is 36.0 Å². The quantitative estimate of drug-likeness (QED) is 0.567. The fourth-order valence-electron chi connectivity index (χ4n) is 1.00. The summed E-state index contributed by atoms with van der Waals surface area (Å²) in [5.74, 6) is 0.0616. The monoisotopic (exact) mass is 249 g/mol. The van der Waals surface area contributed by atoms with E-state index < -0.39 is 14.7 Å². The van der Waals surface area contributed by atoms with E-state index in [1.54, 1.807) is 21.3 Å². The van der Waals surface area contributed by atoms with Crippen molar-refractivity contribution in [1.82, 2.24) is 0 Å². The lowest BCUT2D eigenvalue weighted by Crippen LogP contribution is -2.43. The topological polar surface area (TPSA) is 70.8 Å². The summed E-state index contributed by atoms with van der Waals surface area (Å²) >= 11 is 0. The molecule has 96 valence electrons. The molecule has 0 radical (unpaired) electrons. The van der Waals surface area contributed by atoms with Crippen LogP contribution in [0, 0.1) is 5.92 Å². The molecule has 0 unspecified atom stereocenters. The second-order valence-corrected chi connectivity index (χ2v) is 6.50. The first kappa shape index (κ1) is 17.7. The highest BCUT2D eigenvalue weighted by Crippen LogP contribution is 2.18. The number of hydrogen-bond acceptors (Lipinski definition) is 4. The SMILES string of the molecule is C=CC(N)=O.CO[Si](CC(C)C)(OC)OC. The van der Waals surface area contributed by atoms with Gasteiger partial charge in [0.15, 0.2) is 0 Å². The fraction of sp³-hybridized carbons (Fsp3) is 0.700. The Hall–Kier alpha value is -0.693. The highest BCUT2D eigenvalue weighted by Gasteiger charge is 2.38. The first-order valence-electron chi connectivity index (χ1n) is 4.94. The minimum atomic E-state index is -2.28. The number of carbonyl (C=O) groups excluding carboxylic acids is 1. The molecule has 0 atom stereocenters. The average molecular weight is 249 g/mol. The molecule has 1 amide bonds. The molecule has 0 aromatic heterocycles. The Labute approximate surface area is 98.9 Å². The van der Waals surface area contributed by atoms with Crippen LogP contribution in [0.5, 0.6) is 0 Å². The molecule has 0 aromatic carbocycles. The number of nitrogens with two attached hydrogens (primary N) is 1. The van der Waals surface area contributed by atoms with Crippen LogP contribution < -0.4 is 5.73 Å². The molecular formula is C10H23NO4Si. The Bertz CT molecular complexity index is 197. The Kier molecular flexibility index (Phi) is 10.5. The van der Waals surface area contributed by atoms with Gasteiger partial charge in [-0.3, -0.25) is 4.79 Å². The van der Waals surface area contributed by atoms with E-state index in [-0.39, 0.29) is 0 Å². The number of hydrogen-bond donors (Lipinski definition) is 1. The maximum atomic E-state index is 9.47. The van der Waals surface area contributed by atoms with Gasteiger partial charge < -0.3 is 19.0 Å². The molecule has 0 spiro atoms. The molecule has 0 rings (SSSR count). The Morgan fingerprint density at radius 1 is 1.31 bits per heavy atom. The van der Waals surface area contributed by atoms with Crippen molar-refractivity contribution in [1.29, 1.82) is 0 Å². The molecule has 2 N–H and O–H groups in total. The zero-order valence-electron chi connectivity index (χ0n) is 10.8. The maximum Gasteiger partial charge on any atom is 0.500 e. The van der Waals surface area contributed by atoms with Crippen molar-refractivity contribution in [2.24, 2.45) is 11.7 Å². The van der Waals surface area contributed by atoms with Crippen LogP contribution in [0.4, 0.5) is 0 Å². The summed E-state index contributed by atoms with van der Waals surface area (Å²) < 4.78 is 15.7. The molecule has 0 bridgehead atoms. The van der Waals surface area contributed by atoms with Gasteiger partial charge in [-0.2, -0.15) is 0 Å². The second kappa shape index (κ2) is 9.53. The third-order valence-corrected chi connectivity index (χ3v) is 4.97. The van der Waals surface area contributed by atoms with Gasteiger partial charge in [0.25, 0.3) is 0 Å². The zero-order chi connectivity index (χ0) is 13.2. The van der Waals surface area contributed by atoms with Gasteiger partial charge in [-0.1, -0.05) is 20.4 Å². The third kappa shape index (κ3) is 8.60. The first-order chi connectivity index (χ1) is 7.37. The molecule has 0 aliphatic heterocycles. The summed E-state index contributed by atoms with van der Waals surface area (Å²) in [6.45, 7) is 7.33. The van der Waals surface area contributed by atoms with E-state index in [0.717, 1.165) is 12.1 Å². The number of rotatable bonds is 6. The van der Waals surface area contributed by atoms with E-state index >= 15 is 0 Å². The summed E-state index contributed by atoms with van der Waals surface area (Å²) in [6, 6.07) is 0.872. The number of primary amides is 1. The van der Waals surface area contributed by atoms with Gasteiger partial charge in [-0.25, -0.2) is 0 Å². The van der Waals surface area contributed by atoms with Crippen LogP contribution in [0.3, 0.4) is 0 Å². The number of carbonyl (C=O) groups is 1. The predicted octanol–water partition coefficient (Wildman–Crippen LogP) is 1.18. The number of amides is 1. The van der Waals surface area contributed by atoms with Crippen molar-refractivity contribution in [3.63, 3.8) is 0 Å². The molecule has 0 aliphatic rings. The fourth-order valence-corrected chi connectivity index (χ4v) is 3.00. The van der Waals surface area contributed by atoms with E-state index in [2.05, 4.69) is 26.2 Å². The molecule has 5 nitrogen and oxygen atoms in total. The Balaban J connectivity index is 0. The van der Waals surface area contributed by atoms with E-state index in [0.29, 0.717) is 5.92 Å². The van der Waals surface area contributed by atoms with Crippen LogP contribution >= 0.6 is 0 Å². The van der Waals surface area contributed by atoms with E-state index in [9.17, 15) is 4.79 Å². The van der Waals surface area contributed by atoms with E-state index in [4.69, 9.17) is 13.3 Å². The highest BCUT2D eigenvalue weighted by molar-refractivity contribution is 6.60. The lowest BCUT2D eigenvalue weighted by Gasteiger charge is -2.25. The summed E-state index contributed by atoms with van der Waals surface area (Å²) in [6.07, 6.45) is 1.06. The van der Waals surface area contributed by atoms with Gasteiger partial charge in [-0.05, 0) is 12.0 Å². The van der Waals surface area contributed by atoms with Gasteiger partial charge in [-0.15, -0.1) is 0 Å². The predicted molar refractivity (Wildman–Crippen MR) is 65.8 cm³/mol. The van der Waals surface area contributed by atoms with Crippen LogP contribution in [0.15, 0.2) is 12.7 Å². The minimum Gasteiger partial charge on any atom is -0.377 e. The standard InChI is InChI=1S/C7H18O3Si.C3H5NO/c1-7(2)6-11(8-3,9-4)10-5;1-2-3(4)5/h7H,6H2,1-5H3;2H,1H2,(H2,4,5). The lowest BCUT2D eigenvalue weighted by atomic mass is 10.3. The molecule has 0 aromatic rings. The molecule has 0 aliphatic carbocycles. The van der Waals surface area contributed by atoms with Crippen molar-refractivity contribution in [2.45, 2.75) is 19.9 Å². The van der Waals surface area contributed by atoms with Gasteiger partial charge in [0, 0.05) is 27.4 Å². The van der Waals surface area contributed by atoms with E-state index in [1.807, 2.05) is 0 Å². The summed E-state index contributed by atoms with van der Waals surface area (Å²) in [4.78, 5) is 9.47. The van der Waals surface area contributed by atoms with Crippen molar-refractivity contribution in [3.05, 3.63) is 12.7 Å². The van der Waals surface area contributed by atoms with Crippen molar-refractivity contribution < 1.29 is 18.1 Å². The molecule has 0 saturated carbocycles. The molecule has 6 heteroatoms. The van der Waals surface area contributed by atoms with Gasteiger partial charge >= 0.3 is 8.80 Å². The van der Waals surface area contributed by atoms with Gasteiger partial charge in [0.05, 0.1) is 0 Å². The molecule has 0 heterocycles. The van der Waals surface area contributed by atoms with Gasteiger partial charge in [0.2, 0.25) is 5.91 Å². The van der Waals surface area contributed by atoms with Crippen molar-refractivity contribution >= 4 is 14.7 Å². The summed E-state index contributed by atoms with van der Waals surface area (Å²) in [7, 11) is 2.64. The summed E-state index contributed by atoms with van der Waals surface area (Å²) in [5.41, 5.74) is 4.53. The highest BCUT2D eigenvalue weighted by atomic mass is 28.4. The smallest absolute Gasteiger partial charge is 0.377 e. The molecule has 0 saturated heterocycles. The third-order valence-electron chi connectivity index (χ3n) is 1.79. The second-order valence-electron chi connectivity index (χ2n) is 3.50. The van der Waals surface area contributed by atoms with Crippen molar-refractivity contribution in [2.75, 3.05) is 21.3 Å². The summed E-state index contributed by atoms with van der Waals surface area (Å²) in [5, 5.41) is 0. The minimum absolute atomic E-state index is 0.481. The average Bonchev–Trinajstić information content (AvgIpc) is 2.26. The lowest BCUT2D eigenvalue weighted by molar-refractivity contribution is -0.113. The molecule has 0 fully saturated rings. The Morgan fingerprint density at radius 2 is 1.62 bits per heavy atom. The molecule has 16 heavy (non-hydrogen) atoms. The van der Waals surface area contributed by atoms with Crippen LogP contribution in [0.2, 0.25) is 6.04 Å². The normalized spacial score (nSPS) is 10.6. The first-order valence-corrected chi connectivity index (χ1v) is 6.88. The largest absolute Gasteiger partial charge is 0.500 e. The van der Waals surface area contributed by atoms with Crippen LogP contribution in [-0.2, 0) is 18.1 Å². The Morgan fingerprint density at radius 3 is 1.69 bits per heavy atom. The molecular weight excluding hydrogens is 226 g/mol. The van der Waals surface area contributed by atoms with Gasteiger partial charge in [0.1, 0.15) is 0 Å². The maximum absolute atomic E-state index is 9.47. The van der Waals surface area contributed by atoms with Crippen LogP contribution in [0.25, 0.3) is 0 Å². The van der Waals surface area contributed by atoms with E-state index in [1.165, 1.54) is 0 Å².